The molecule has 0 spiro atoms. The number of hydrogen-bond donors (Lipinski definition) is 1. The second kappa shape index (κ2) is 5.56. The maximum atomic E-state index is 5.91. The smallest absolute Gasteiger partial charge is 0.0590 e. The second-order valence-corrected chi connectivity index (χ2v) is 5.02. The molecule has 2 atom stereocenters. The van der Waals surface area contributed by atoms with Crippen molar-refractivity contribution in [3.05, 3.63) is 22.9 Å². The average molecular weight is 278 g/mol. The molecular formula is C10H14BrClN2. The van der Waals surface area contributed by atoms with Crippen molar-refractivity contribution in [2.24, 2.45) is 0 Å². The lowest BCUT2D eigenvalue weighted by Crippen LogP contribution is -2.18. The summed E-state index contributed by atoms with van der Waals surface area (Å²) in [6, 6.07) is 2.31. The Morgan fingerprint density at radius 1 is 1.57 bits per heavy atom. The molecule has 1 aromatic rings. The van der Waals surface area contributed by atoms with Gasteiger partial charge in [-0.05, 0) is 42.3 Å². The zero-order chi connectivity index (χ0) is 10.6. The molecule has 14 heavy (non-hydrogen) atoms. The van der Waals surface area contributed by atoms with Gasteiger partial charge < -0.3 is 5.32 Å². The molecule has 0 bridgehead atoms. The minimum atomic E-state index is 0.193. The van der Waals surface area contributed by atoms with Crippen molar-refractivity contribution in [2.75, 3.05) is 5.32 Å². The van der Waals surface area contributed by atoms with E-state index in [4.69, 9.17) is 11.6 Å². The van der Waals surface area contributed by atoms with Crippen molar-refractivity contribution < 1.29 is 0 Å². The van der Waals surface area contributed by atoms with Crippen LogP contribution in [0.3, 0.4) is 0 Å². The Morgan fingerprint density at radius 3 is 2.86 bits per heavy atom. The Kier molecular flexibility index (Phi) is 4.69. The van der Waals surface area contributed by atoms with E-state index in [-0.39, 0.29) is 5.38 Å². The first-order valence-electron chi connectivity index (χ1n) is 4.59. The van der Waals surface area contributed by atoms with Crippen LogP contribution >= 0.6 is 27.5 Å². The van der Waals surface area contributed by atoms with Gasteiger partial charge in [0.25, 0.3) is 0 Å². The van der Waals surface area contributed by atoms with Crippen LogP contribution in [0.5, 0.6) is 0 Å². The van der Waals surface area contributed by atoms with E-state index in [9.17, 15) is 0 Å². The number of rotatable bonds is 4. The number of nitrogens with one attached hydrogen (secondary N) is 1. The third-order valence-corrected chi connectivity index (χ3v) is 2.66. The molecule has 78 valence electrons. The summed E-state index contributed by atoms with van der Waals surface area (Å²) in [6.45, 7) is 4.12. The highest BCUT2D eigenvalue weighted by Gasteiger charge is 2.07. The first-order valence-corrected chi connectivity index (χ1v) is 5.82. The summed E-state index contributed by atoms with van der Waals surface area (Å²) < 4.78 is 0.981. The van der Waals surface area contributed by atoms with Crippen molar-refractivity contribution in [3.63, 3.8) is 0 Å². The molecule has 4 heteroatoms. The molecule has 0 fully saturated rings. The Morgan fingerprint density at radius 2 is 2.29 bits per heavy atom. The fourth-order valence-corrected chi connectivity index (χ4v) is 1.94. The van der Waals surface area contributed by atoms with Gasteiger partial charge in [-0.3, -0.25) is 4.98 Å². The van der Waals surface area contributed by atoms with E-state index in [1.807, 2.05) is 13.0 Å². The molecule has 0 aromatic carbocycles. The van der Waals surface area contributed by atoms with Gasteiger partial charge in [0.05, 0.1) is 10.2 Å². The normalized spacial score (nSPS) is 14.9. The van der Waals surface area contributed by atoms with Crippen molar-refractivity contribution in [1.82, 2.24) is 4.98 Å². The minimum Gasteiger partial charge on any atom is -0.382 e. The van der Waals surface area contributed by atoms with Gasteiger partial charge >= 0.3 is 0 Å². The van der Waals surface area contributed by atoms with Crippen molar-refractivity contribution in [3.8, 4) is 0 Å². The largest absolute Gasteiger partial charge is 0.382 e. The van der Waals surface area contributed by atoms with E-state index in [1.54, 1.807) is 12.4 Å². The fraction of sp³-hybridized carbons (Fsp3) is 0.500. The molecule has 0 aliphatic rings. The molecule has 1 N–H and O–H groups in total. The summed E-state index contributed by atoms with van der Waals surface area (Å²) in [5, 5.41) is 3.56. The Balaban J connectivity index is 2.56. The van der Waals surface area contributed by atoms with Crippen LogP contribution in [-0.2, 0) is 0 Å². The maximum absolute atomic E-state index is 5.91. The van der Waals surface area contributed by atoms with Gasteiger partial charge in [0.1, 0.15) is 0 Å². The van der Waals surface area contributed by atoms with E-state index < -0.39 is 0 Å². The van der Waals surface area contributed by atoms with Crippen LogP contribution in [0.1, 0.15) is 20.3 Å². The number of hydrogen-bond acceptors (Lipinski definition) is 2. The van der Waals surface area contributed by atoms with Gasteiger partial charge in [-0.2, -0.15) is 0 Å². The molecule has 0 saturated carbocycles. The summed E-state index contributed by atoms with van der Waals surface area (Å²) in [6.07, 6.45) is 4.49. The minimum absolute atomic E-state index is 0.193. The summed E-state index contributed by atoms with van der Waals surface area (Å²) in [7, 11) is 0. The number of halogens is 2. The Hall–Kier alpha value is -0.280. The number of alkyl halides is 1. The lowest BCUT2D eigenvalue weighted by molar-refractivity contribution is 0.696. The van der Waals surface area contributed by atoms with E-state index in [1.165, 1.54) is 0 Å². The predicted octanol–water partition coefficient (Wildman–Crippen LogP) is 3.66. The molecule has 0 amide bonds. The van der Waals surface area contributed by atoms with Crippen molar-refractivity contribution >= 4 is 33.2 Å². The Labute approximate surface area is 98.2 Å². The van der Waals surface area contributed by atoms with Crippen LogP contribution in [0.15, 0.2) is 22.9 Å². The topological polar surface area (TPSA) is 24.9 Å². The second-order valence-electron chi connectivity index (χ2n) is 3.42. The quantitative estimate of drug-likeness (QED) is 0.850. The zero-order valence-electron chi connectivity index (χ0n) is 8.30. The van der Waals surface area contributed by atoms with Crippen molar-refractivity contribution in [1.29, 1.82) is 0 Å². The summed E-state index contributed by atoms with van der Waals surface area (Å²) in [4.78, 5) is 4.00. The van der Waals surface area contributed by atoms with Crippen LogP contribution in [-0.4, -0.2) is 16.4 Å². The molecule has 0 aliphatic carbocycles. The van der Waals surface area contributed by atoms with Crippen LogP contribution in [0.25, 0.3) is 0 Å². The lowest BCUT2D eigenvalue weighted by Gasteiger charge is -2.17. The van der Waals surface area contributed by atoms with E-state index >= 15 is 0 Å². The van der Waals surface area contributed by atoms with Crippen LogP contribution in [0.4, 0.5) is 5.69 Å². The first-order chi connectivity index (χ1) is 6.59. The summed E-state index contributed by atoms with van der Waals surface area (Å²) in [5.74, 6) is 0. The Bertz CT molecular complexity index is 291. The number of anilines is 1. The van der Waals surface area contributed by atoms with Crippen molar-refractivity contribution in [2.45, 2.75) is 31.7 Å². The van der Waals surface area contributed by atoms with E-state index in [0.29, 0.717) is 6.04 Å². The molecule has 0 radical (unpaired) electrons. The molecule has 2 nitrogen and oxygen atoms in total. The standard InChI is InChI=1S/C10H14BrClN2/c1-7(12)5-8(2)14-10-3-4-13-6-9(10)11/h3-4,6-8H,5H2,1-2H3,(H,13,14). The lowest BCUT2D eigenvalue weighted by atomic mass is 10.2. The average Bonchev–Trinajstić information content (AvgIpc) is 2.07. The van der Waals surface area contributed by atoms with Gasteiger partial charge in [-0.1, -0.05) is 0 Å². The summed E-state index contributed by atoms with van der Waals surface area (Å²) in [5.41, 5.74) is 1.06. The molecule has 1 heterocycles. The molecule has 2 unspecified atom stereocenters. The highest BCUT2D eigenvalue weighted by molar-refractivity contribution is 9.10. The molecule has 0 aliphatic heterocycles. The molecular weight excluding hydrogens is 263 g/mol. The molecule has 1 rings (SSSR count). The number of nitrogens with zero attached hydrogens (tertiary/aromatic N) is 1. The van der Waals surface area contributed by atoms with Gasteiger partial charge in [-0.25, -0.2) is 0 Å². The van der Waals surface area contributed by atoms with E-state index in [2.05, 4.69) is 33.2 Å². The first kappa shape index (κ1) is 11.8. The molecule has 0 saturated heterocycles. The van der Waals surface area contributed by atoms with Gasteiger partial charge in [-0.15, -0.1) is 11.6 Å². The highest BCUT2D eigenvalue weighted by atomic mass is 79.9. The zero-order valence-corrected chi connectivity index (χ0v) is 10.6. The maximum Gasteiger partial charge on any atom is 0.0590 e. The van der Waals surface area contributed by atoms with Gasteiger partial charge in [0, 0.05) is 23.8 Å². The van der Waals surface area contributed by atoms with Crippen LogP contribution in [0.2, 0.25) is 0 Å². The van der Waals surface area contributed by atoms with Gasteiger partial charge in [0.2, 0.25) is 0 Å². The van der Waals surface area contributed by atoms with Crippen LogP contribution in [0, 0.1) is 0 Å². The van der Waals surface area contributed by atoms with Crippen LogP contribution < -0.4 is 5.32 Å². The fourth-order valence-electron chi connectivity index (χ4n) is 1.30. The third-order valence-electron chi connectivity index (χ3n) is 1.85. The summed E-state index contributed by atoms with van der Waals surface area (Å²) >= 11 is 9.35. The van der Waals surface area contributed by atoms with Gasteiger partial charge in [0.15, 0.2) is 0 Å². The highest BCUT2D eigenvalue weighted by Crippen LogP contribution is 2.21. The number of pyridine rings is 1. The predicted molar refractivity (Wildman–Crippen MR) is 65.0 cm³/mol. The SMILES string of the molecule is CC(Cl)CC(C)Nc1ccncc1Br. The monoisotopic (exact) mass is 276 g/mol. The van der Waals surface area contributed by atoms with E-state index in [0.717, 1.165) is 16.6 Å². The molecule has 1 aromatic heterocycles. The third kappa shape index (κ3) is 3.84. The number of aromatic nitrogens is 1.